The molecule has 1 unspecified atom stereocenters. The van der Waals surface area contributed by atoms with Crippen molar-refractivity contribution in [1.29, 1.82) is 0 Å². The molecule has 8 heteroatoms. The fourth-order valence-electron chi connectivity index (χ4n) is 3.79. The lowest BCUT2D eigenvalue weighted by Gasteiger charge is -2.15. The molecule has 4 aromatic rings. The number of nitrogens with one attached hydrogen (secondary N) is 1. The van der Waals surface area contributed by atoms with Crippen molar-refractivity contribution in [2.24, 2.45) is 5.92 Å². The quantitative estimate of drug-likeness (QED) is 0.478. The number of anilines is 1. The molecule has 1 aliphatic rings. The van der Waals surface area contributed by atoms with Gasteiger partial charge in [0.2, 0.25) is 17.6 Å². The molecule has 0 spiro atoms. The Morgan fingerprint density at radius 3 is 2.58 bits per heavy atom. The Bertz CT molecular complexity index is 1260. The van der Waals surface area contributed by atoms with Gasteiger partial charge in [-0.05, 0) is 43.3 Å². The highest BCUT2D eigenvalue weighted by Gasteiger charge is 2.34. The first-order valence-corrected chi connectivity index (χ1v) is 10.7. The standard InChI is InChI=1S/C25H22N4O4/c1-16-4-6-17(7-5-16)23-27-25(33-28-23)18-8-10-20(11-9-18)26-24(31)19-13-22(30)29(14-19)15-21-3-2-12-32-21/h2-12,19H,13-15H2,1H3,(H,26,31). The summed E-state index contributed by atoms with van der Waals surface area (Å²) in [6, 6.07) is 18.7. The van der Waals surface area contributed by atoms with Crippen LogP contribution >= 0.6 is 0 Å². The maximum absolute atomic E-state index is 12.7. The second-order valence-electron chi connectivity index (χ2n) is 8.11. The lowest BCUT2D eigenvalue weighted by molar-refractivity contribution is -0.128. The minimum atomic E-state index is -0.403. The van der Waals surface area contributed by atoms with E-state index in [0.717, 1.165) is 16.7 Å². The molecule has 0 saturated carbocycles. The van der Waals surface area contributed by atoms with Crippen LogP contribution in [-0.2, 0) is 16.1 Å². The molecule has 1 atom stereocenters. The topological polar surface area (TPSA) is 101 Å². The van der Waals surface area contributed by atoms with E-state index in [1.165, 1.54) is 0 Å². The number of rotatable bonds is 6. The monoisotopic (exact) mass is 442 g/mol. The molecule has 1 aliphatic heterocycles. The molecule has 33 heavy (non-hydrogen) atoms. The van der Waals surface area contributed by atoms with Gasteiger partial charge < -0.3 is 19.2 Å². The van der Waals surface area contributed by atoms with Crippen molar-refractivity contribution in [1.82, 2.24) is 15.0 Å². The van der Waals surface area contributed by atoms with Crippen LogP contribution < -0.4 is 5.32 Å². The fourth-order valence-corrected chi connectivity index (χ4v) is 3.79. The van der Waals surface area contributed by atoms with Gasteiger partial charge >= 0.3 is 0 Å². The Morgan fingerprint density at radius 2 is 1.85 bits per heavy atom. The summed E-state index contributed by atoms with van der Waals surface area (Å²) in [6.45, 7) is 2.76. The van der Waals surface area contributed by atoms with Crippen molar-refractivity contribution in [3.8, 4) is 22.8 Å². The molecule has 2 aromatic heterocycles. The lowest BCUT2D eigenvalue weighted by Crippen LogP contribution is -2.27. The molecule has 8 nitrogen and oxygen atoms in total. The van der Waals surface area contributed by atoms with E-state index < -0.39 is 5.92 Å². The van der Waals surface area contributed by atoms with Crippen molar-refractivity contribution in [3.05, 3.63) is 78.3 Å². The van der Waals surface area contributed by atoms with E-state index in [1.807, 2.05) is 49.4 Å². The van der Waals surface area contributed by atoms with Gasteiger partial charge in [-0.2, -0.15) is 4.98 Å². The molecule has 1 saturated heterocycles. The first kappa shape index (κ1) is 20.7. The number of aromatic nitrogens is 2. The van der Waals surface area contributed by atoms with E-state index in [9.17, 15) is 9.59 Å². The minimum Gasteiger partial charge on any atom is -0.467 e. The first-order valence-electron chi connectivity index (χ1n) is 10.7. The molecule has 1 fully saturated rings. The first-order chi connectivity index (χ1) is 16.0. The molecule has 5 rings (SSSR count). The highest BCUT2D eigenvalue weighted by atomic mass is 16.5. The van der Waals surface area contributed by atoms with Gasteiger partial charge in [-0.3, -0.25) is 9.59 Å². The second kappa shape index (κ2) is 8.74. The molecule has 2 aromatic carbocycles. The molecule has 0 radical (unpaired) electrons. The smallest absolute Gasteiger partial charge is 0.258 e. The van der Waals surface area contributed by atoms with Gasteiger partial charge in [-0.15, -0.1) is 0 Å². The van der Waals surface area contributed by atoms with E-state index in [4.69, 9.17) is 8.94 Å². The normalized spacial score (nSPS) is 15.7. The molecular formula is C25H22N4O4. The molecule has 1 N–H and O–H groups in total. The number of aryl methyl sites for hydroxylation is 1. The lowest BCUT2D eigenvalue weighted by atomic mass is 10.1. The number of nitrogens with zero attached hydrogens (tertiary/aromatic N) is 3. The van der Waals surface area contributed by atoms with Gasteiger partial charge in [-0.25, -0.2) is 0 Å². The summed E-state index contributed by atoms with van der Waals surface area (Å²) in [5.41, 5.74) is 3.43. The van der Waals surface area contributed by atoms with Crippen molar-refractivity contribution in [2.45, 2.75) is 19.9 Å². The number of furan rings is 1. The highest BCUT2D eigenvalue weighted by Crippen LogP contribution is 2.25. The Kier molecular flexibility index (Phi) is 5.48. The van der Waals surface area contributed by atoms with Gasteiger partial charge in [-0.1, -0.05) is 35.0 Å². The van der Waals surface area contributed by atoms with E-state index in [1.54, 1.807) is 29.4 Å². The minimum absolute atomic E-state index is 0.0531. The van der Waals surface area contributed by atoms with Crippen molar-refractivity contribution < 1.29 is 18.5 Å². The summed E-state index contributed by atoms with van der Waals surface area (Å²) in [7, 11) is 0. The SMILES string of the molecule is Cc1ccc(-c2noc(-c3ccc(NC(=O)C4CC(=O)N(Cc5ccco5)C4)cc3)n2)cc1. The number of likely N-dealkylation sites (tertiary alicyclic amines) is 1. The Balaban J connectivity index is 1.21. The summed E-state index contributed by atoms with van der Waals surface area (Å²) in [6.07, 6.45) is 1.76. The van der Waals surface area contributed by atoms with E-state index in [0.29, 0.717) is 36.3 Å². The zero-order valence-electron chi connectivity index (χ0n) is 18.0. The molecule has 0 aliphatic carbocycles. The van der Waals surface area contributed by atoms with Gasteiger partial charge in [0.05, 0.1) is 18.7 Å². The van der Waals surface area contributed by atoms with Crippen LogP contribution in [-0.4, -0.2) is 33.4 Å². The number of carbonyl (C=O) groups excluding carboxylic acids is 2. The summed E-state index contributed by atoms with van der Waals surface area (Å²) < 4.78 is 10.7. The molecule has 3 heterocycles. The third-order valence-electron chi connectivity index (χ3n) is 5.65. The van der Waals surface area contributed by atoms with Crippen LogP contribution in [0.2, 0.25) is 0 Å². The van der Waals surface area contributed by atoms with Crippen molar-refractivity contribution in [3.63, 3.8) is 0 Å². The number of amides is 2. The largest absolute Gasteiger partial charge is 0.467 e. The molecule has 2 amide bonds. The third kappa shape index (κ3) is 4.55. The number of hydrogen-bond acceptors (Lipinski definition) is 6. The van der Waals surface area contributed by atoms with E-state index >= 15 is 0 Å². The predicted octanol–water partition coefficient (Wildman–Crippen LogP) is 4.29. The second-order valence-corrected chi connectivity index (χ2v) is 8.11. The number of hydrogen-bond donors (Lipinski definition) is 1. The van der Waals surface area contributed by atoms with Gasteiger partial charge in [0.1, 0.15) is 5.76 Å². The van der Waals surface area contributed by atoms with Crippen LogP contribution in [0, 0.1) is 12.8 Å². The third-order valence-corrected chi connectivity index (χ3v) is 5.65. The van der Waals surface area contributed by atoms with Gasteiger partial charge in [0.15, 0.2) is 0 Å². The fraction of sp³-hybridized carbons (Fsp3) is 0.200. The molecule has 0 bridgehead atoms. The van der Waals surface area contributed by atoms with Crippen LogP contribution in [0.1, 0.15) is 17.7 Å². The van der Waals surface area contributed by atoms with Crippen LogP contribution in [0.3, 0.4) is 0 Å². The zero-order valence-corrected chi connectivity index (χ0v) is 18.0. The Labute approximate surface area is 190 Å². The van der Waals surface area contributed by atoms with E-state index in [-0.39, 0.29) is 18.2 Å². The van der Waals surface area contributed by atoms with Gasteiger partial charge in [0, 0.05) is 29.8 Å². The van der Waals surface area contributed by atoms with Crippen molar-refractivity contribution >= 4 is 17.5 Å². The molecular weight excluding hydrogens is 420 g/mol. The van der Waals surface area contributed by atoms with Crippen LogP contribution in [0.25, 0.3) is 22.8 Å². The Morgan fingerprint density at radius 1 is 1.09 bits per heavy atom. The summed E-state index contributed by atoms with van der Waals surface area (Å²) in [4.78, 5) is 31.1. The number of benzene rings is 2. The maximum Gasteiger partial charge on any atom is 0.258 e. The van der Waals surface area contributed by atoms with Crippen LogP contribution in [0.5, 0.6) is 0 Å². The van der Waals surface area contributed by atoms with Crippen LogP contribution in [0.4, 0.5) is 5.69 Å². The maximum atomic E-state index is 12.7. The summed E-state index contributed by atoms with van der Waals surface area (Å²) in [5.74, 6) is 0.984. The highest BCUT2D eigenvalue weighted by molar-refractivity contribution is 5.97. The zero-order chi connectivity index (χ0) is 22.8. The Hall–Kier alpha value is -4.20. The van der Waals surface area contributed by atoms with Gasteiger partial charge in [0.25, 0.3) is 5.89 Å². The summed E-state index contributed by atoms with van der Waals surface area (Å²) in [5, 5.41) is 6.95. The molecule has 166 valence electrons. The van der Waals surface area contributed by atoms with Crippen molar-refractivity contribution in [2.75, 3.05) is 11.9 Å². The average molecular weight is 442 g/mol. The van der Waals surface area contributed by atoms with Crippen LogP contribution in [0.15, 0.2) is 75.9 Å². The van der Waals surface area contributed by atoms with E-state index in [2.05, 4.69) is 15.5 Å². The average Bonchev–Trinajstić information content (AvgIpc) is 3.58. The summed E-state index contributed by atoms with van der Waals surface area (Å²) >= 11 is 0. The number of carbonyl (C=O) groups is 2. The predicted molar refractivity (Wildman–Crippen MR) is 121 cm³/mol.